The van der Waals surface area contributed by atoms with Gasteiger partial charge in [0.25, 0.3) is 0 Å². The second-order valence-electron chi connectivity index (χ2n) is 14.2. The number of allylic oxidation sites excluding steroid dienone is 14. The highest BCUT2D eigenvalue weighted by molar-refractivity contribution is 7.47. The Balaban J connectivity index is 4.36. The summed E-state index contributed by atoms with van der Waals surface area (Å²) in [6.07, 6.45) is 47.6. The summed E-state index contributed by atoms with van der Waals surface area (Å²) in [7, 11) is 1.62. The van der Waals surface area contributed by atoms with E-state index in [9.17, 15) is 14.3 Å². The molecule has 0 saturated heterocycles. The lowest BCUT2D eigenvalue weighted by molar-refractivity contribution is -0.870. The number of phosphoric ester groups is 1. The fourth-order valence-corrected chi connectivity index (χ4v) is 5.59. The van der Waals surface area contributed by atoms with Gasteiger partial charge in [0.2, 0.25) is 0 Å². The number of ether oxygens (including phenoxy) is 2. The average Bonchev–Trinajstić information content (AvgIpc) is 3.11. The molecule has 0 spiro atoms. The summed E-state index contributed by atoms with van der Waals surface area (Å²) >= 11 is 0. The molecule has 9 heteroatoms. The number of esters is 1. The summed E-state index contributed by atoms with van der Waals surface area (Å²) in [5, 5.41) is 0. The molecule has 2 unspecified atom stereocenters. The van der Waals surface area contributed by atoms with Crippen LogP contribution in [0.1, 0.15) is 129 Å². The normalized spacial score (nSPS) is 14.8. The van der Waals surface area contributed by atoms with Gasteiger partial charge < -0.3 is 18.9 Å². The molecule has 0 aromatic rings. The molecular formula is C44H77NO7P+. The fourth-order valence-electron chi connectivity index (χ4n) is 4.85. The lowest BCUT2D eigenvalue weighted by Gasteiger charge is -2.24. The number of likely N-dealkylation sites (N-methyl/N-ethyl adjacent to an activating group) is 1. The first-order chi connectivity index (χ1) is 25.6. The molecule has 0 aromatic carbocycles. The molecule has 0 bridgehead atoms. The third-order valence-electron chi connectivity index (χ3n) is 7.95. The quantitative estimate of drug-likeness (QED) is 0.0223. The largest absolute Gasteiger partial charge is 0.472 e. The van der Waals surface area contributed by atoms with E-state index < -0.39 is 13.9 Å². The van der Waals surface area contributed by atoms with Crippen LogP contribution in [0.2, 0.25) is 0 Å². The fraction of sp³-hybridized carbons (Fsp3) is 0.659. The Morgan fingerprint density at radius 2 is 1.04 bits per heavy atom. The predicted molar refractivity (Wildman–Crippen MR) is 224 cm³/mol. The maximum absolute atomic E-state index is 12.6. The van der Waals surface area contributed by atoms with Crippen molar-refractivity contribution in [3.8, 4) is 0 Å². The van der Waals surface area contributed by atoms with Crippen LogP contribution in [0.4, 0.5) is 0 Å². The number of unbranched alkanes of at least 4 members (excludes halogenated alkanes) is 8. The van der Waals surface area contributed by atoms with Gasteiger partial charge in [-0.15, -0.1) is 0 Å². The molecule has 304 valence electrons. The average molecular weight is 763 g/mol. The Kier molecular flexibility index (Phi) is 35.0. The minimum atomic E-state index is -4.29. The predicted octanol–water partition coefficient (Wildman–Crippen LogP) is 11.7. The van der Waals surface area contributed by atoms with Crippen molar-refractivity contribution in [1.29, 1.82) is 0 Å². The topological polar surface area (TPSA) is 91.3 Å². The molecule has 0 amide bonds. The van der Waals surface area contributed by atoms with Crippen LogP contribution in [0.15, 0.2) is 85.1 Å². The maximum Gasteiger partial charge on any atom is 0.472 e. The maximum atomic E-state index is 12.6. The minimum Gasteiger partial charge on any atom is -0.457 e. The Morgan fingerprint density at radius 3 is 1.55 bits per heavy atom. The molecule has 0 heterocycles. The first kappa shape index (κ1) is 50.7. The lowest BCUT2D eigenvalue weighted by atomic mass is 10.1. The number of nitrogens with zero attached hydrogens (tertiary/aromatic N) is 1. The highest BCUT2D eigenvalue weighted by Gasteiger charge is 2.26. The van der Waals surface area contributed by atoms with Crippen LogP contribution in [0.5, 0.6) is 0 Å². The molecule has 2 atom stereocenters. The zero-order valence-electron chi connectivity index (χ0n) is 34.2. The van der Waals surface area contributed by atoms with Gasteiger partial charge in [0, 0.05) is 13.0 Å². The first-order valence-electron chi connectivity index (χ1n) is 20.3. The molecule has 0 fully saturated rings. The van der Waals surface area contributed by atoms with E-state index in [0.29, 0.717) is 17.6 Å². The highest BCUT2D eigenvalue weighted by Crippen LogP contribution is 2.43. The van der Waals surface area contributed by atoms with E-state index in [1.807, 2.05) is 21.1 Å². The van der Waals surface area contributed by atoms with Crippen molar-refractivity contribution < 1.29 is 37.3 Å². The van der Waals surface area contributed by atoms with E-state index in [4.69, 9.17) is 18.5 Å². The number of phosphoric acid groups is 1. The minimum absolute atomic E-state index is 0.0736. The van der Waals surface area contributed by atoms with Gasteiger partial charge in [-0.2, -0.15) is 0 Å². The lowest BCUT2D eigenvalue weighted by Crippen LogP contribution is -2.37. The molecule has 1 N–H and O–H groups in total. The van der Waals surface area contributed by atoms with Crippen LogP contribution < -0.4 is 0 Å². The van der Waals surface area contributed by atoms with Gasteiger partial charge in [0.05, 0.1) is 34.4 Å². The number of quaternary nitrogens is 1. The monoisotopic (exact) mass is 763 g/mol. The van der Waals surface area contributed by atoms with Crippen molar-refractivity contribution in [1.82, 2.24) is 0 Å². The summed E-state index contributed by atoms with van der Waals surface area (Å²) in [6, 6.07) is 0. The number of carbonyl (C=O) groups is 1. The molecule has 0 aromatic heterocycles. The molecule has 0 rings (SSSR count). The summed E-state index contributed by atoms with van der Waals surface area (Å²) < 4.78 is 34.9. The number of rotatable bonds is 36. The molecular weight excluding hydrogens is 685 g/mol. The Morgan fingerprint density at radius 1 is 0.585 bits per heavy atom. The number of carbonyl (C=O) groups excluding carboxylic acids is 1. The molecule has 0 aliphatic rings. The van der Waals surface area contributed by atoms with Crippen LogP contribution in [0.3, 0.4) is 0 Å². The van der Waals surface area contributed by atoms with Gasteiger partial charge in [0.1, 0.15) is 19.3 Å². The zero-order chi connectivity index (χ0) is 39.1. The molecule has 53 heavy (non-hydrogen) atoms. The second kappa shape index (κ2) is 36.6. The van der Waals surface area contributed by atoms with Crippen molar-refractivity contribution in [2.45, 2.75) is 136 Å². The van der Waals surface area contributed by atoms with Gasteiger partial charge in [-0.3, -0.25) is 13.8 Å². The van der Waals surface area contributed by atoms with Gasteiger partial charge in [-0.1, -0.05) is 125 Å². The summed E-state index contributed by atoms with van der Waals surface area (Å²) in [6.45, 7) is 5.27. The van der Waals surface area contributed by atoms with Crippen LogP contribution in [-0.2, 0) is 27.9 Å². The third-order valence-corrected chi connectivity index (χ3v) is 8.94. The molecule has 0 saturated carbocycles. The Bertz CT molecular complexity index is 1120. The van der Waals surface area contributed by atoms with Gasteiger partial charge in [0.15, 0.2) is 0 Å². The van der Waals surface area contributed by atoms with Gasteiger partial charge in [-0.05, 0) is 83.5 Å². The smallest absolute Gasteiger partial charge is 0.457 e. The van der Waals surface area contributed by atoms with Gasteiger partial charge >= 0.3 is 13.8 Å². The van der Waals surface area contributed by atoms with Crippen LogP contribution in [-0.4, -0.2) is 75.6 Å². The van der Waals surface area contributed by atoms with Crippen LogP contribution >= 0.6 is 7.82 Å². The first-order valence-corrected chi connectivity index (χ1v) is 21.8. The molecule has 0 aliphatic heterocycles. The molecule has 0 aliphatic carbocycles. The Labute approximate surface area is 325 Å². The molecule has 0 radical (unpaired) electrons. The zero-order valence-corrected chi connectivity index (χ0v) is 35.1. The standard InChI is InChI=1S/C44H76NO7P/c1-6-8-10-12-14-16-18-20-21-22-23-24-26-28-30-32-34-36-39-49-41-43(42-51-53(47,48)50-40-38-45(3,4)5)52-44(46)37-35-33-31-29-27-25-19-17-15-13-11-9-7-2/h8-11,14-17,20-21,23-25,27,43H,6-7,12-13,18-19,22,26,28-42H2,1-5H3/p+1/b10-8-,11-9-,16-14-,17-15-,21-20-,24-23-,27-25-. The van der Waals surface area contributed by atoms with Crippen molar-refractivity contribution in [3.05, 3.63) is 85.1 Å². The molecule has 8 nitrogen and oxygen atoms in total. The van der Waals surface area contributed by atoms with Crippen molar-refractivity contribution in [3.63, 3.8) is 0 Å². The van der Waals surface area contributed by atoms with E-state index in [1.165, 1.54) is 12.8 Å². The van der Waals surface area contributed by atoms with E-state index >= 15 is 0 Å². The second-order valence-corrected chi connectivity index (χ2v) is 15.7. The van der Waals surface area contributed by atoms with Crippen LogP contribution in [0, 0.1) is 0 Å². The number of hydrogen-bond acceptors (Lipinski definition) is 6. The number of hydrogen-bond donors (Lipinski definition) is 1. The van der Waals surface area contributed by atoms with Crippen LogP contribution in [0.25, 0.3) is 0 Å². The third kappa shape index (κ3) is 40.7. The summed E-state index contributed by atoms with van der Waals surface area (Å²) in [5.41, 5.74) is 0. The van der Waals surface area contributed by atoms with E-state index in [2.05, 4.69) is 98.9 Å². The highest BCUT2D eigenvalue weighted by atomic mass is 31.2. The van der Waals surface area contributed by atoms with Crippen molar-refractivity contribution in [2.24, 2.45) is 0 Å². The summed E-state index contributed by atoms with van der Waals surface area (Å²) in [4.78, 5) is 22.8. The Hall–Kier alpha value is -2.32. The van der Waals surface area contributed by atoms with Gasteiger partial charge in [-0.25, -0.2) is 4.57 Å². The van der Waals surface area contributed by atoms with Crippen molar-refractivity contribution >= 4 is 13.8 Å². The summed E-state index contributed by atoms with van der Waals surface area (Å²) in [5.74, 6) is -0.355. The SMILES string of the molecule is CC/C=C\C/C=C\C/C=C\C/C=C\CCCCCCCOCC(COP(=O)(O)OCC[N+](C)(C)C)OC(=O)CCCCC/C=C\C/C=C\C/C=C\CC. The van der Waals surface area contributed by atoms with E-state index in [-0.39, 0.29) is 32.2 Å². The van der Waals surface area contributed by atoms with E-state index in [1.54, 1.807) is 0 Å². The van der Waals surface area contributed by atoms with E-state index in [0.717, 1.165) is 96.3 Å². The van der Waals surface area contributed by atoms with Crippen molar-refractivity contribution in [2.75, 3.05) is 54.1 Å².